The molecule has 28 heavy (non-hydrogen) atoms. The number of unbranched alkanes of at least 4 members (excludes halogenated alkanes) is 1. The van der Waals surface area contributed by atoms with Gasteiger partial charge in [0.15, 0.2) is 0 Å². The van der Waals surface area contributed by atoms with Crippen LogP contribution >= 0.6 is 0 Å². The van der Waals surface area contributed by atoms with E-state index in [2.05, 4.69) is 54.6 Å². The summed E-state index contributed by atoms with van der Waals surface area (Å²) in [5.74, 6) is 2.22. The lowest BCUT2D eigenvalue weighted by atomic mass is 9.85. The molecule has 0 radical (unpaired) electrons. The Morgan fingerprint density at radius 2 is 1.93 bits per heavy atom. The minimum Gasteiger partial charge on any atom is -0.369 e. The Morgan fingerprint density at radius 3 is 2.64 bits per heavy atom. The van der Waals surface area contributed by atoms with Crippen molar-refractivity contribution in [2.24, 2.45) is 5.92 Å². The van der Waals surface area contributed by atoms with Crippen molar-refractivity contribution in [1.82, 2.24) is 14.9 Å². The Hall–Kier alpha value is -2.03. The highest BCUT2D eigenvalue weighted by molar-refractivity contribution is 5.57. The van der Waals surface area contributed by atoms with Gasteiger partial charge in [-0.3, -0.25) is 0 Å². The molecule has 4 rings (SSSR count). The molecule has 1 aromatic carbocycles. The second-order valence-electron chi connectivity index (χ2n) is 8.86. The summed E-state index contributed by atoms with van der Waals surface area (Å²) in [5, 5.41) is 0. The predicted octanol–water partition coefficient (Wildman–Crippen LogP) is 6.57. The molecule has 2 aliphatic rings. The summed E-state index contributed by atoms with van der Waals surface area (Å²) >= 11 is 0. The summed E-state index contributed by atoms with van der Waals surface area (Å²) in [5.41, 5.74) is 6.46. The van der Waals surface area contributed by atoms with Crippen LogP contribution in [0, 0.1) is 12.8 Å². The fraction of sp³-hybridized carbons (Fsp3) is 0.560. The molecule has 3 heteroatoms. The van der Waals surface area contributed by atoms with Gasteiger partial charge in [-0.25, -0.2) is 4.98 Å². The summed E-state index contributed by atoms with van der Waals surface area (Å²) in [7, 11) is 0. The number of aryl methyl sites for hydroxylation is 1. The number of nitrogens with zero attached hydrogens (tertiary/aromatic N) is 2. The first-order valence-corrected chi connectivity index (χ1v) is 11.2. The van der Waals surface area contributed by atoms with E-state index in [1.54, 1.807) is 0 Å². The summed E-state index contributed by atoms with van der Waals surface area (Å²) in [6, 6.07) is 8.70. The van der Waals surface area contributed by atoms with Gasteiger partial charge < -0.3 is 9.88 Å². The lowest BCUT2D eigenvalue weighted by molar-refractivity contribution is 0.227. The number of imidazole rings is 1. The van der Waals surface area contributed by atoms with Gasteiger partial charge in [-0.15, -0.1) is 0 Å². The third-order valence-corrected chi connectivity index (χ3v) is 6.70. The number of benzene rings is 1. The first-order valence-electron chi connectivity index (χ1n) is 11.2. The fourth-order valence-corrected chi connectivity index (χ4v) is 4.93. The van der Waals surface area contributed by atoms with Crippen molar-refractivity contribution in [3.8, 4) is 11.4 Å². The largest absolute Gasteiger partial charge is 0.369 e. The van der Waals surface area contributed by atoms with Gasteiger partial charge in [-0.1, -0.05) is 75.4 Å². The monoisotopic (exact) mass is 377 g/mol. The minimum atomic E-state index is 0.513. The zero-order valence-corrected chi connectivity index (χ0v) is 17.6. The van der Waals surface area contributed by atoms with Crippen molar-refractivity contribution in [3.05, 3.63) is 53.5 Å². The summed E-state index contributed by atoms with van der Waals surface area (Å²) in [6.45, 7) is 11.0. The Morgan fingerprint density at radius 1 is 1.18 bits per heavy atom. The van der Waals surface area contributed by atoms with Crippen LogP contribution < -0.4 is 0 Å². The standard InChI is InChI=1S/C25H35N3/c1-4-5-9-22-16-28(19(3)20-10-7-6-8-11-20)17-23-24(22)27-25(26-23)21-14-12-18(2)13-15-21/h12-15,20,22H,3-11,16-17H2,1-2H3,(H,26,27). The minimum absolute atomic E-state index is 0.513. The van der Waals surface area contributed by atoms with E-state index < -0.39 is 0 Å². The van der Waals surface area contributed by atoms with E-state index in [1.807, 2.05) is 0 Å². The van der Waals surface area contributed by atoms with E-state index in [1.165, 1.54) is 79.6 Å². The summed E-state index contributed by atoms with van der Waals surface area (Å²) in [4.78, 5) is 11.3. The Labute approximate surface area is 170 Å². The van der Waals surface area contributed by atoms with Gasteiger partial charge in [0, 0.05) is 23.7 Å². The van der Waals surface area contributed by atoms with Crippen LogP contribution in [0.4, 0.5) is 0 Å². The molecule has 0 bridgehead atoms. The molecule has 3 nitrogen and oxygen atoms in total. The zero-order valence-electron chi connectivity index (χ0n) is 17.6. The molecule has 1 fully saturated rings. The number of fused-ring (bicyclic) bond motifs is 1. The average molecular weight is 378 g/mol. The molecule has 2 aromatic rings. The molecular formula is C25H35N3. The van der Waals surface area contributed by atoms with E-state index in [9.17, 15) is 0 Å². The van der Waals surface area contributed by atoms with Crippen LogP contribution in [0.1, 0.15) is 81.2 Å². The maximum absolute atomic E-state index is 5.08. The number of H-pyrrole nitrogens is 1. The molecule has 1 aromatic heterocycles. The number of rotatable bonds is 6. The Kier molecular flexibility index (Phi) is 5.89. The normalized spacial score (nSPS) is 20.2. The number of hydrogen-bond acceptors (Lipinski definition) is 2. The van der Waals surface area contributed by atoms with Gasteiger partial charge in [0.1, 0.15) is 5.82 Å². The third-order valence-electron chi connectivity index (χ3n) is 6.70. The van der Waals surface area contributed by atoms with E-state index in [0.29, 0.717) is 11.8 Å². The maximum atomic E-state index is 5.08. The van der Waals surface area contributed by atoms with E-state index in [4.69, 9.17) is 4.98 Å². The van der Waals surface area contributed by atoms with Crippen molar-refractivity contribution in [2.75, 3.05) is 6.54 Å². The molecule has 0 amide bonds. The first kappa shape index (κ1) is 19.3. The second kappa shape index (κ2) is 8.55. The van der Waals surface area contributed by atoms with E-state index >= 15 is 0 Å². The van der Waals surface area contributed by atoms with Crippen LogP contribution in [0.15, 0.2) is 36.5 Å². The number of aromatic amines is 1. The number of aromatic nitrogens is 2. The van der Waals surface area contributed by atoms with Crippen LogP contribution in [0.3, 0.4) is 0 Å². The van der Waals surface area contributed by atoms with Crippen LogP contribution in [0.25, 0.3) is 11.4 Å². The lowest BCUT2D eigenvalue weighted by Crippen LogP contribution is -2.35. The van der Waals surface area contributed by atoms with Gasteiger partial charge in [0.05, 0.1) is 17.9 Å². The smallest absolute Gasteiger partial charge is 0.137 e. The molecule has 1 unspecified atom stereocenters. The van der Waals surface area contributed by atoms with E-state index in [-0.39, 0.29) is 0 Å². The molecule has 1 aliphatic carbocycles. The van der Waals surface area contributed by atoms with Crippen molar-refractivity contribution in [2.45, 2.75) is 77.7 Å². The third kappa shape index (κ3) is 4.04. The number of allylic oxidation sites excluding steroid dienone is 1. The van der Waals surface area contributed by atoms with Crippen molar-refractivity contribution in [3.63, 3.8) is 0 Å². The molecule has 1 saturated carbocycles. The molecule has 0 saturated heterocycles. The fourth-order valence-electron chi connectivity index (χ4n) is 4.93. The molecule has 1 N–H and O–H groups in total. The highest BCUT2D eigenvalue weighted by Gasteiger charge is 2.31. The average Bonchev–Trinajstić information content (AvgIpc) is 3.17. The highest BCUT2D eigenvalue weighted by Crippen LogP contribution is 2.38. The Balaban J connectivity index is 1.59. The van der Waals surface area contributed by atoms with Crippen LogP contribution in [-0.4, -0.2) is 21.4 Å². The second-order valence-corrected chi connectivity index (χ2v) is 8.86. The molecule has 1 atom stereocenters. The van der Waals surface area contributed by atoms with E-state index in [0.717, 1.165) is 18.9 Å². The zero-order chi connectivity index (χ0) is 19.5. The Bertz CT molecular complexity index is 796. The topological polar surface area (TPSA) is 31.9 Å². The molecule has 0 spiro atoms. The number of nitrogens with one attached hydrogen (secondary N) is 1. The molecule has 2 heterocycles. The van der Waals surface area contributed by atoms with Gasteiger partial charge >= 0.3 is 0 Å². The van der Waals surface area contributed by atoms with Gasteiger partial charge in [0.2, 0.25) is 0 Å². The van der Waals surface area contributed by atoms with Gasteiger partial charge in [-0.2, -0.15) is 0 Å². The van der Waals surface area contributed by atoms with Crippen LogP contribution in [-0.2, 0) is 6.54 Å². The SMILES string of the molecule is C=C(C1CCCCC1)N1Cc2[nH]c(-c3ccc(C)cc3)nc2C(CCCC)C1. The lowest BCUT2D eigenvalue weighted by Gasteiger charge is -2.38. The summed E-state index contributed by atoms with van der Waals surface area (Å²) in [6.07, 6.45) is 10.5. The molecule has 150 valence electrons. The van der Waals surface area contributed by atoms with Crippen molar-refractivity contribution in [1.29, 1.82) is 0 Å². The highest BCUT2D eigenvalue weighted by atomic mass is 15.2. The molecule has 1 aliphatic heterocycles. The van der Waals surface area contributed by atoms with Crippen molar-refractivity contribution >= 4 is 0 Å². The maximum Gasteiger partial charge on any atom is 0.137 e. The van der Waals surface area contributed by atoms with Crippen LogP contribution in [0.5, 0.6) is 0 Å². The van der Waals surface area contributed by atoms with Gasteiger partial charge in [0.25, 0.3) is 0 Å². The summed E-state index contributed by atoms with van der Waals surface area (Å²) < 4.78 is 0. The van der Waals surface area contributed by atoms with Crippen LogP contribution in [0.2, 0.25) is 0 Å². The first-order chi connectivity index (χ1) is 13.7. The number of hydrogen-bond donors (Lipinski definition) is 1. The quantitative estimate of drug-likeness (QED) is 0.617. The van der Waals surface area contributed by atoms with Gasteiger partial charge in [-0.05, 0) is 32.1 Å². The molecular weight excluding hydrogens is 342 g/mol. The van der Waals surface area contributed by atoms with Crippen molar-refractivity contribution < 1.29 is 0 Å². The predicted molar refractivity (Wildman–Crippen MR) is 117 cm³/mol.